The largest absolute Gasteiger partial charge is 0.375 e. The molecule has 0 radical (unpaired) electrons. The van der Waals surface area contributed by atoms with E-state index < -0.39 is 7.49 Å². The summed E-state index contributed by atoms with van der Waals surface area (Å²) < 4.78 is 6.74. The van der Waals surface area contributed by atoms with Crippen LogP contribution < -0.4 is 20.0 Å². The highest BCUT2D eigenvalue weighted by atomic mass is 31.2. The van der Waals surface area contributed by atoms with E-state index in [-0.39, 0.29) is 0 Å². The molecule has 0 spiro atoms. The normalized spacial score (nSPS) is 11.1. The molecular formula is C21H23NOP+. The minimum atomic E-state index is -1.99. The number of anilines is 1. The van der Waals surface area contributed by atoms with Crippen LogP contribution in [0.2, 0.25) is 0 Å². The second-order valence-corrected chi connectivity index (χ2v) is 9.11. The highest BCUT2D eigenvalue weighted by Crippen LogP contribution is 2.54. The van der Waals surface area contributed by atoms with Gasteiger partial charge in [0.1, 0.15) is 10.6 Å². The molecule has 0 bridgehead atoms. The molecule has 0 heterocycles. The third-order valence-corrected chi connectivity index (χ3v) is 7.25. The monoisotopic (exact) mass is 336 g/mol. The van der Waals surface area contributed by atoms with Gasteiger partial charge in [-0.05, 0) is 36.4 Å². The predicted molar refractivity (Wildman–Crippen MR) is 106 cm³/mol. The molecule has 2 nitrogen and oxygen atoms in total. The van der Waals surface area contributed by atoms with Crippen LogP contribution in [0.15, 0.2) is 84.9 Å². The molecule has 0 aliphatic rings. The third kappa shape index (κ3) is 3.29. The minimum Gasteiger partial charge on any atom is -0.375 e. The van der Waals surface area contributed by atoms with E-state index in [0.717, 1.165) is 11.4 Å². The first-order valence-corrected chi connectivity index (χ1v) is 10.2. The smallest absolute Gasteiger partial charge is 0.252 e. The Labute approximate surface area is 145 Å². The Bertz CT molecular complexity index is 748. The third-order valence-electron chi connectivity index (χ3n) is 4.13. The molecular weight excluding hydrogens is 313 g/mol. The first kappa shape index (κ1) is 16.5. The fourth-order valence-electron chi connectivity index (χ4n) is 2.78. The van der Waals surface area contributed by atoms with Crippen molar-refractivity contribution in [1.82, 2.24) is 0 Å². The molecule has 3 aromatic carbocycles. The number of hydrogen-bond donors (Lipinski definition) is 0. The topological polar surface area (TPSA) is 12.5 Å². The highest BCUT2D eigenvalue weighted by molar-refractivity contribution is 7.85. The second-order valence-electron chi connectivity index (χ2n) is 6.05. The van der Waals surface area contributed by atoms with E-state index >= 15 is 0 Å². The molecule has 0 unspecified atom stereocenters. The summed E-state index contributed by atoms with van der Waals surface area (Å²) in [6.45, 7) is 2.24. The van der Waals surface area contributed by atoms with Crippen molar-refractivity contribution in [2.24, 2.45) is 0 Å². The maximum atomic E-state index is 6.74. The molecule has 3 rings (SSSR count). The van der Waals surface area contributed by atoms with Gasteiger partial charge in [0.25, 0.3) is 7.49 Å². The quantitative estimate of drug-likeness (QED) is 0.643. The average molecular weight is 336 g/mol. The van der Waals surface area contributed by atoms with E-state index in [4.69, 9.17) is 4.52 Å². The number of benzene rings is 3. The van der Waals surface area contributed by atoms with Crippen LogP contribution in [-0.2, 0) is 0 Å². The van der Waals surface area contributed by atoms with Crippen LogP contribution in [-0.4, -0.2) is 20.8 Å². The van der Waals surface area contributed by atoms with Gasteiger partial charge in [0.2, 0.25) is 0 Å². The predicted octanol–water partition coefficient (Wildman–Crippen LogP) is 4.34. The lowest BCUT2D eigenvalue weighted by molar-refractivity contribution is 0.616. The Morgan fingerprint density at radius 2 is 1.12 bits per heavy atom. The lowest BCUT2D eigenvalue weighted by Crippen LogP contribution is -2.26. The van der Waals surface area contributed by atoms with E-state index in [0.29, 0.717) is 0 Å². The Morgan fingerprint density at radius 3 is 1.62 bits per heavy atom. The molecule has 0 fully saturated rings. The van der Waals surface area contributed by atoms with Crippen LogP contribution in [0.1, 0.15) is 0 Å². The van der Waals surface area contributed by atoms with Crippen LogP contribution >= 0.6 is 7.49 Å². The van der Waals surface area contributed by atoms with E-state index in [9.17, 15) is 0 Å². The molecule has 24 heavy (non-hydrogen) atoms. The Hall–Kier alpha value is -2.31. The lowest BCUT2D eigenvalue weighted by atomic mass is 10.3. The van der Waals surface area contributed by atoms with Gasteiger partial charge in [-0.15, -0.1) is 0 Å². The van der Waals surface area contributed by atoms with E-state index in [1.165, 1.54) is 10.6 Å². The van der Waals surface area contributed by atoms with Crippen molar-refractivity contribution in [3.05, 3.63) is 84.9 Å². The van der Waals surface area contributed by atoms with E-state index in [2.05, 4.69) is 72.2 Å². The van der Waals surface area contributed by atoms with Gasteiger partial charge in [-0.3, -0.25) is 0 Å². The summed E-state index contributed by atoms with van der Waals surface area (Å²) in [5.74, 6) is 0.922. The summed E-state index contributed by atoms with van der Waals surface area (Å²) in [4.78, 5) is 2.09. The molecule has 0 N–H and O–H groups in total. The van der Waals surface area contributed by atoms with Crippen LogP contribution in [0.3, 0.4) is 0 Å². The summed E-state index contributed by atoms with van der Waals surface area (Å²) in [6.07, 6.45) is 0. The Balaban J connectivity index is 2.11. The molecule has 122 valence electrons. The van der Waals surface area contributed by atoms with Crippen molar-refractivity contribution in [2.75, 3.05) is 25.7 Å². The summed E-state index contributed by atoms with van der Waals surface area (Å²) in [6, 6.07) is 29.3. The van der Waals surface area contributed by atoms with Crippen LogP contribution in [0, 0.1) is 0 Å². The number of rotatable bonds is 5. The van der Waals surface area contributed by atoms with Gasteiger partial charge in [0.05, 0.1) is 12.4 Å². The Morgan fingerprint density at radius 1 is 0.667 bits per heavy atom. The van der Waals surface area contributed by atoms with Crippen molar-refractivity contribution in [1.29, 1.82) is 0 Å². The number of nitrogens with zero attached hydrogens (tertiary/aromatic N) is 1. The van der Waals surface area contributed by atoms with E-state index in [1.807, 2.05) is 38.4 Å². The first-order chi connectivity index (χ1) is 11.6. The fourth-order valence-corrected chi connectivity index (χ4v) is 5.32. The zero-order valence-electron chi connectivity index (χ0n) is 14.4. The van der Waals surface area contributed by atoms with Crippen LogP contribution in [0.25, 0.3) is 0 Å². The van der Waals surface area contributed by atoms with Crippen molar-refractivity contribution in [2.45, 2.75) is 0 Å². The summed E-state index contributed by atoms with van der Waals surface area (Å²) in [7, 11) is 2.10. The maximum Gasteiger partial charge on any atom is 0.252 e. The first-order valence-electron chi connectivity index (χ1n) is 8.05. The molecule has 0 aliphatic carbocycles. The number of para-hydroxylation sites is 2. The van der Waals surface area contributed by atoms with E-state index in [1.54, 1.807) is 0 Å². The lowest BCUT2D eigenvalue weighted by Gasteiger charge is -2.25. The summed E-state index contributed by atoms with van der Waals surface area (Å²) in [5.41, 5.74) is 1.09. The van der Waals surface area contributed by atoms with Crippen molar-refractivity contribution in [3.8, 4) is 5.75 Å². The van der Waals surface area contributed by atoms with Gasteiger partial charge < -0.3 is 9.42 Å². The van der Waals surface area contributed by atoms with Crippen LogP contribution in [0.4, 0.5) is 5.69 Å². The van der Waals surface area contributed by atoms with Crippen molar-refractivity contribution in [3.63, 3.8) is 0 Å². The minimum absolute atomic E-state index is 0.922. The standard InChI is InChI=1S/C21H23NOP/c1-22(2)20-16-10-11-17-21(20)23-24(3,18-12-6-4-7-13-18)19-14-8-5-9-15-19/h4-17H,1-3H3/q+1. The van der Waals surface area contributed by atoms with Crippen LogP contribution in [0.5, 0.6) is 5.75 Å². The van der Waals surface area contributed by atoms with Gasteiger partial charge in [0, 0.05) is 14.1 Å². The Kier molecular flexibility index (Phi) is 4.87. The number of hydrogen-bond acceptors (Lipinski definition) is 2. The van der Waals surface area contributed by atoms with Crippen molar-refractivity contribution < 1.29 is 4.52 Å². The van der Waals surface area contributed by atoms with Gasteiger partial charge in [-0.1, -0.05) is 48.5 Å². The molecule has 0 aromatic heterocycles. The summed E-state index contributed by atoms with van der Waals surface area (Å²) >= 11 is 0. The zero-order chi connectivity index (χ0) is 17.0. The average Bonchev–Trinajstić information content (AvgIpc) is 2.63. The molecule has 0 saturated carbocycles. The fraction of sp³-hybridized carbons (Fsp3) is 0.143. The molecule has 0 aliphatic heterocycles. The zero-order valence-corrected chi connectivity index (χ0v) is 15.3. The van der Waals surface area contributed by atoms with Gasteiger partial charge >= 0.3 is 0 Å². The molecule has 0 saturated heterocycles. The molecule has 3 aromatic rings. The molecule has 3 heteroatoms. The maximum absolute atomic E-state index is 6.74. The highest BCUT2D eigenvalue weighted by Gasteiger charge is 2.41. The summed E-state index contributed by atoms with van der Waals surface area (Å²) in [5, 5.41) is 2.48. The van der Waals surface area contributed by atoms with Gasteiger partial charge in [-0.2, -0.15) is 0 Å². The molecule has 0 atom stereocenters. The SMILES string of the molecule is CN(C)c1ccccc1O[P+](C)(c1ccccc1)c1ccccc1. The van der Waals surface area contributed by atoms with Crippen molar-refractivity contribution >= 4 is 23.8 Å². The molecule has 0 amide bonds. The van der Waals surface area contributed by atoms with Gasteiger partial charge in [0.15, 0.2) is 5.75 Å². The second kappa shape index (κ2) is 7.07. The van der Waals surface area contributed by atoms with Gasteiger partial charge in [-0.25, -0.2) is 0 Å².